The Morgan fingerprint density at radius 2 is 1.89 bits per heavy atom. The van der Waals surface area contributed by atoms with Crippen molar-refractivity contribution < 1.29 is 4.39 Å². The fourth-order valence-electron chi connectivity index (χ4n) is 1.83. The highest BCUT2D eigenvalue weighted by atomic mass is 32.1. The summed E-state index contributed by atoms with van der Waals surface area (Å²) in [5.41, 5.74) is 7.85. The van der Waals surface area contributed by atoms with Crippen molar-refractivity contribution in [2.24, 2.45) is 11.7 Å². The van der Waals surface area contributed by atoms with Gasteiger partial charge >= 0.3 is 0 Å². The molecule has 2 aromatic rings. The van der Waals surface area contributed by atoms with E-state index in [2.05, 4.69) is 13.8 Å². The van der Waals surface area contributed by atoms with Crippen LogP contribution in [0.25, 0.3) is 10.4 Å². The van der Waals surface area contributed by atoms with Gasteiger partial charge in [0.15, 0.2) is 0 Å². The average Bonchev–Trinajstić information content (AvgIpc) is 2.80. The number of aryl methyl sites for hydroxylation is 1. The second-order valence-electron chi connectivity index (χ2n) is 4.96. The molecular formula is C15H18FNS. The van der Waals surface area contributed by atoms with Crippen LogP contribution in [0.2, 0.25) is 0 Å². The molecule has 0 spiro atoms. The van der Waals surface area contributed by atoms with Crippen molar-refractivity contribution in [3.05, 3.63) is 46.6 Å². The molecule has 18 heavy (non-hydrogen) atoms. The highest BCUT2D eigenvalue weighted by Gasteiger charge is 2.15. The van der Waals surface area contributed by atoms with Crippen LogP contribution < -0.4 is 5.73 Å². The van der Waals surface area contributed by atoms with Gasteiger partial charge in [-0.25, -0.2) is 4.39 Å². The molecule has 1 atom stereocenters. The molecule has 0 bridgehead atoms. The highest BCUT2D eigenvalue weighted by Crippen LogP contribution is 2.34. The summed E-state index contributed by atoms with van der Waals surface area (Å²) >= 11 is 1.58. The van der Waals surface area contributed by atoms with E-state index in [1.165, 1.54) is 6.07 Å². The molecule has 0 aliphatic heterocycles. The van der Waals surface area contributed by atoms with Crippen molar-refractivity contribution in [1.82, 2.24) is 0 Å². The molecular weight excluding hydrogens is 245 g/mol. The lowest BCUT2D eigenvalue weighted by Gasteiger charge is -2.12. The summed E-state index contributed by atoms with van der Waals surface area (Å²) < 4.78 is 13.8. The Balaban J connectivity index is 2.38. The van der Waals surface area contributed by atoms with Crippen LogP contribution in [-0.4, -0.2) is 0 Å². The molecule has 0 amide bonds. The predicted molar refractivity (Wildman–Crippen MR) is 76.2 cm³/mol. The van der Waals surface area contributed by atoms with Gasteiger partial charge in [-0.15, -0.1) is 11.3 Å². The van der Waals surface area contributed by atoms with E-state index in [4.69, 9.17) is 5.73 Å². The summed E-state index contributed by atoms with van der Waals surface area (Å²) in [6.45, 7) is 6.16. The quantitative estimate of drug-likeness (QED) is 0.865. The van der Waals surface area contributed by atoms with E-state index in [0.717, 1.165) is 15.3 Å². The zero-order chi connectivity index (χ0) is 13.3. The van der Waals surface area contributed by atoms with Gasteiger partial charge in [0.1, 0.15) is 5.82 Å². The van der Waals surface area contributed by atoms with Crippen LogP contribution in [0.15, 0.2) is 30.3 Å². The predicted octanol–water partition coefficient (Wildman–Crippen LogP) is 4.52. The van der Waals surface area contributed by atoms with Crippen molar-refractivity contribution in [3.8, 4) is 10.4 Å². The first-order valence-electron chi connectivity index (χ1n) is 6.11. The van der Waals surface area contributed by atoms with Crippen LogP contribution >= 0.6 is 11.3 Å². The number of nitrogens with two attached hydrogens (primary N) is 1. The van der Waals surface area contributed by atoms with Gasteiger partial charge in [0, 0.05) is 21.4 Å². The van der Waals surface area contributed by atoms with Crippen LogP contribution in [0.4, 0.5) is 4.39 Å². The first-order valence-corrected chi connectivity index (χ1v) is 6.92. The van der Waals surface area contributed by atoms with Crippen molar-refractivity contribution >= 4 is 11.3 Å². The lowest BCUT2D eigenvalue weighted by molar-refractivity contribution is 0.521. The number of hydrogen-bond donors (Lipinski definition) is 1. The lowest BCUT2D eigenvalue weighted by Crippen LogP contribution is -2.14. The van der Waals surface area contributed by atoms with E-state index in [-0.39, 0.29) is 11.9 Å². The Morgan fingerprint density at radius 1 is 1.17 bits per heavy atom. The minimum absolute atomic E-state index is 0.0246. The second kappa shape index (κ2) is 5.21. The van der Waals surface area contributed by atoms with Crippen molar-refractivity contribution in [3.63, 3.8) is 0 Å². The highest BCUT2D eigenvalue weighted by molar-refractivity contribution is 7.15. The SMILES string of the molecule is Cc1ccc(F)c(-c2ccc(C(N)C(C)C)s2)c1. The van der Waals surface area contributed by atoms with Crippen LogP contribution in [0.5, 0.6) is 0 Å². The molecule has 1 nitrogen and oxygen atoms in total. The van der Waals surface area contributed by atoms with E-state index in [0.29, 0.717) is 11.5 Å². The largest absolute Gasteiger partial charge is 0.323 e. The van der Waals surface area contributed by atoms with Crippen LogP contribution in [0, 0.1) is 18.7 Å². The summed E-state index contributed by atoms with van der Waals surface area (Å²) in [7, 11) is 0. The van der Waals surface area contributed by atoms with Gasteiger partial charge < -0.3 is 5.73 Å². The molecule has 96 valence electrons. The Kier molecular flexibility index (Phi) is 3.83. The lowest BCUT2D eigenvalue weighted by atomic mass is 10.0. The fraction of sp³-hybridized carbons (Fsp3) is 0.333. The molecule has 1 heterocycles. The molecule has 0 saturated carbocycles. The standard InChI is InChI=1S/C15H18FNS/c1-9(2)15(17)14-7-6-13(18-14)11-8-10(3)4-5-12(11)16/h4-9,15H,17H2,1-3H3. The van der Waals surface area contributed by atoms with Gasteiger partial charge in [-0.3, -0.25) is 0 Å². The molecule has 1 aromatic carbocycles. The van der Waals surface area contributed by atoms with Gasteiger partial charge in [0.25, 0.3) is 0 Å². The van der Waals surface area contributed by atoms with E-state index in [1.54, 1.807) is 17.4 Å². The summed E-state index contributed by atoms with van der Waals surface area (Å²) in [6.07, 6.45) is 0. The van der Waals surface area contributed by atoms with Gasteiger partial charge in [-0.1, -0.05) is 25.5 Å². The number of hydrogen-bond acceptors (Lipinski definition) is 2. The Labute approximate surface area is 111 Å². The minimum atomic E-state index is -0.174. The zero-order valence-electron chi connectivity index (χ0n) is 10.9. The Hall–Kier alpha value is -1.19. The van der Waals surface area contributed by atoms with E-state index >= 15 is 0 Å². The second-order valence-corrected chi connectivity index (χ2v) is 6.07. The zero-order valence-corrected chi connectivity index (χ0v) is 11.7. The maximum Gasteiger partial charge on any atom is 0.131 e. The monoisotopic (exact) mass is 263 g/mol. The van der Waals surface area contributed by atoms with Gasteiger partial charge in [-0.05, 0) is 37.1 Å². The topological polar surface area (TPSA) is 26.0 Å². The van der Waals surface area contributed by atoms with Crippen molar-refractivity contribution in [1.29, 1.82) is 0 Å². The smallest absolute Gasteiger partial charge is 0.131 e. The van der Waals surface area contributed by atoms with Crippen molar-refractivity contribution in [2.75, 3.05) is 0 Å². The maximum absolute atomic E-state index is 13.8. The summed E-state index contributed by atoms with van der Waals surface area (Å²) in [6, 6.07) is 9.18. The van der Waals surface area contributed by atoms with Gasteiger partial charge in [0.2, 0.25) is 0 Å². The third-order valence-corrected chi connectivity index (χ3v) is 4.28. The van der Waals surface area contributed by atoms with E-state index in [1.807, 2.05) is 25.1 Å². The average molecular weight is 263 g/mol. The molecule has 1 unspecified atom stereocenters. The molecule has 0 fully saturated rings. The fourth-order valence-corrected chi connectivity index (χ4v) is 3.03. The van der Waals surface area contributed by atoms with Gasteiger partial charge in [-0.2, -0.15) is 0 Å². The maximum atomic E-state index is 13.8. The number of thiophene rings is 1. The molecule has 0 radical (unpaired) electrons. The molecule has 0 saturated heterocycles. The molecule has 2 rings (SSSR count). The third kappa shape index (κ3) is 2.62. The van der Waals surface area contributed by atoms with Crippen LogP contribution in [0.1, 0.15) is 30.3 Å². The van der Waals surface area contributed by atoms with Gasteiger partial charge in [0.05, 0.1) is 0 Å². The summed E-state index contributed by atoms with van der Waals surface area (Å²) in [5, 5.41) is 0. The summed E-state index contributed by atoms with van der Waals surface area (Å²) in [4.78, 5) is 2.06. The first-order chi connectivity index (χ1) is 8.49. The minimum Gasteiger partial charge on any atom is -0.323 e. The number of benzene rings is 1. The Bertz CT molecular complexity index is 545. The molecule has 0 aliphatic rings. The molecule has 2 N–H and O–H groups in total. The van der Waals surface area contributed by atoms with E-state index in [9.17, 15) is 4.39 Å². The van der Waals surface area contributed by atoms with E-state index < -0.39 is 0 Å². The first kappa shape index (κ1) is 13.2. The Morgan fingerprint density at radius 3 is 2.56 bits per heavy atom. The molecule has 0 aliphatic carbocycles. The van der Waals surface area contributed by atoms with Crippen LogP contribution in [0.3, 0.4) is 0 Å². The number of rotatable bonds is 3. The summed E-state index contributed by atoms with van der Waals surface area (Å²) in [5.74, 6) is 0.214. The number of halogens is 1. The third-order valence-electron chi connectivity index (χ3n) is 3.06. The normalized spacial score (nSPS) is 13.0. The van der Waals surface area contributed by atoms with Crippen LogP contribution in [-0.2, 0) is 0 Å². The van der Waals surface area contributed by atoms with Crippen molar-refractivity contribution in [2.45, 2.75) is 26.8 Å². The molecule has 1 aromatic heterocycles. The molecule has 3 heteroatoms.